The van der Waals surface area contributed by atoms with Gasteiger partial charge in [0.2, 0.25) is 5.82 Å². The summed E-state index contributed by atoms with van der Waals surface area (Å²) < 4.78 is 41.3. The number of rotatable bonds is 13. The smallest absolute Gasteiger partial charge is 0.200 e. The lowest BCUT2D eigenvalue weighted by Gasteiger charge is -2.41. The predicted molar refractivity (Wildman–Crippen MR) is 153 cm³/mol. The van der Waals surface area contributed by atoms with Crippen molar-refractivity contribution in [3.63, 3.8) is 0 Å². The first-order valence-electron chi connectivity index (χ1n) is 15.9. The zero-order valence-corrected chi connectivity index (χ0v) is 23.9. The van der Waals surface area contributed by atoms with Crippen molar-refractivity contribution < 1.29 is 18.3 Å². The van der Waals surface area contributed by atoms with E-state index in [1.54, 1.807) is 12.1 Å². The van der Waals surface area contributed by atoms with Crippen LogP contribution in [0.25, 0.3) is 0 Å². The first kappa shape index (κ1) is 29.6. The molecule has 0 atom stereocenters. The maximum absolute atomic E-state index is 15.0. The van der Waals surface area contributed by atoms with E-state index in [1.165, 1.54) is 70.6 Å². The molecule has 0 aromatic heterocycles. The van der Waals surface area contributed by atoms with Gasteiger partial charge in [0.15, 0.2) is 11.6 Å². The van der Waals surface area contributed by atoms with Crippen LogP contribution in [0, 0.1) is 35.3 Å². The van der Waals surface area contributed by atoms with E-state index >= 15 is 4.39 Å². The standard InChI is InChI=1S/C34H52F2O2/c1-3-5-6-7-8-24-38-32-22-21-31(33(35)34(32)36)29-15-13-27(14-16-29)25-9-11-26(12-10-25)28-17-19-30(20-18-28)37-23-4-2/h4,21-22,25-30H,2-3,5-20,23-24H2,1H3. The van der Waals surface area contributed by atoms with Crippen molar-refractivity contribution in [2.24, 2.45) is 23.7 Å². The van der Waals surface area contributed by atoms with E-state index in [4.69, 9.17) is 9.47 Å². The molecule has 4 heteroatoms. The summed E-state index contributed by atoms with van der Waals surface area (Å²) in [6.07, 6.45) is 22.7. The maximum atomic E-state index is 15.0. The van der Waals surface area contributed by atoms with Crippen LogP contribution >= 0.6 is 0 Å². The van der Waals surface area contributed by atoms with E-state index in [0.29, 0.717) is 24.9 Å². The van der Waals surface area contributed by atoms with Gasteiger partial charge in [-0.25, -0.2) is 4.39 Å². The van der Waals surface area contributed by atoms with Crippen molar-refractivity contribution in [3.8, 4) is 5.75 Å². The van der Waals surface area contributed by atoms with Crippen LogP contribution in [0.2, 0.25) is 0 Å². The lowest BCUT2D eigenvalue weighted by atomic mass is 9.65. The number of ether oxygens (including phenoxy) is 2. The van der Waals surface area contributed by atoms with E-state index in [1.807, 2.05) is 6.08 Å². The molecule has 0 bridgehead atoms. The van der Waals surface area contributed by atoms with Crippen LogP contribution in [0.15, 0.2) is 24.8 Å². The molecule has 0 heterocycles. The Kier molecular flexibility index (Phi) is 12.0. The van der Waals surface area contributed by atoms with Gasteiger partial charge in [-0.3, -0.25) is 0 Å². The lowest BCUT2D eigenvalue weighted by Crippen LogP contribution is -2.31. The molecule has 3 fully saturated rings. The largest absolute Gasteiger partial charge is 0.490 e. The van der Waals surface area contributed by atoms with Crippen LogP contribution < -0.4 is 4.74 Å². The molecule has 2 nitrogen and oxygen atoms in total. The fraction of sp³-hybridized carbons (Fsp3) is 0.765. The summed E-state index contributed by atoms with van der Waals surface area (Å²) >= 11 is 0. The second-order valence-electron chi connectivity index (χ2n) is 12.5. The number of benzene rings is 1. The third-order valence-electron chi connectivity index (χ3n) is 10.1. The number of halogens is 2. The molecule has 0 aliphatic heterocycles. The summed E-state index contributed by atoms with van der Waals surface area (Å²) in [5, 5.41) is 0. The highest BCUT2D eigenvalue weighted by Crippen LogP contribution is 2.47. The molecule has 3 aliphatic rings. The summed E-state index contributed by atoms with van der Waals surface area (Å²) in [5.41, 5.74) is 0.563. The predicted octanol–water partition coefficient (Wildman–Crippen LogP) is 10.2. The maximum Gasteiger partial charge on any atom is 0.200 e. The summed E-state index contributed by atoms with van der Waals surface area (Å²) in [6, 6.07) is 3.45. The Morgan fingerprint density at radius 3 is 1.87 bits per heavy atom. The molecule has 0 radical (unpaired) electrons. The molecule has 4 rings (SSSR count). The van der Waals surface area contributed by atoms with Crippen LogP contribution in [0.4, 0.5) is 8.78 Å². The van der Waals surface area contributed by atoms with E-state index in [2.05, 4.69) is 13.5 Å². The van der Waals surface area contributed by atoms with Gasteiger partial charge in [0, 0.05) is 0 Å². The Bertz CT molecular complexity index is 831. The lowest BCUT2D eigenvalue weighted by molar-refractivity contribution is 0.0191. The van der Waals surface area contributed by atoms with Gasteiger partial charge in [0.1, 0.15) is 0 Å². The molecule has 0 spiro atoms. The molecule has 0 saturated heterocycles. The van der Waals surface area contributed by atoms with Crippen LogP contribution in [0.1, 0.15) is 128 Å². The number of hydrogen-bond acceptors (Lipinski definition) is 2. The Hall–Kier alpha value is -1.42. The number of unbranched alkanes of at least 4 members (excludes halogenated alkanes) is 4. The van der Waals surface area contributed by atoms with Gasteiger partial charge >= 0.3 is 0 Å². The molecule has 3 saturated carbocycles. The van der Waals surface area contributed by atoms with Crippen molar-refractivity contribution >= 4 is 0 Å². The Balaban J connectivity index is 1.18. The van der Waals surface area contributed by atoms with Crippen molar-refractivity contribution in [1.29, 1.82) is 0 Å². The topological polar surface area (TPSA) is 18.5 Å². The zero-order valence-electron chi connectivity index (χ0n) is 23.9. The summed E-state index contributed by atoms with van der Waals surface area (Å²) in [7, 11) is 0. The van der Waals surface area contributed by atoms with E-state index in [-0.39, 0.29) is 11.7 Å². The van der Waals surface area contributed by atoms with Crippen molar-refractivity contribution in [3.05, 3.63) is 42.0 Å². The highest BCUT2D eigenvalue weighted by Gasteiger charge is 2.35. The summed E-state index contributed by atoms with van der Waals surface area (Å²) in [5.74, 6) is 2.12. The Morgan fingerprint density at radius 2 is 1.29 bits per heavy atom. The van der Waals surface area contributed by atoms with Crippen LogP contribution in [0.5, 0.6) is 5.75 Å². The second-order valence-corrected chi connectivity index (χ2v) is 12.5. The highest BCUT2D eigenvalue weighted by atomic mass is 19.2. The molecule has 38 heavy (non-hydrogen) atoms. The fourth-order valence-electron chi connectivity index (χ4n) is 7.78. The summed E-state index contributed by atoms with van der Waals surface area (Å²) in [6.45, 7) is 7.09. The molecular formula is C34H52F2O2. The van der Waals surface area contributed by atoms with E-state index in [0.717, 1.165) is 62.2 Å². The van der Waals surface area contributed by atoms with Gasteiger partial charge in [0.25, 0.3) is 0 Å². The van der Waals surface area contributed by atoms with Crippen LogP contribution in [-0.2, 0) is 4.74 Å². The molecule has 1 aromatic rings. The van der Waals surface area contributed by atoms with Gasteiger partial charge in [0.05, 0.1) is 19.3 Å². The first-order valence-corrected chi connectivity index (χ1v) is 15.9. The molecule has 1 aromatic carbocycles. The Morgan fingerprint density at radius 1 is 0.737 bits per heavy atom. The monoisotopic (exact) mass is 530 g/mol. The number of hydrogen-bond donors (Lipinski definition) is 0. The third kappa shape index (κ3) is 8.05. The van der Waals surface area contributed by atoms with Crippen molar-refractivity contribution in [1.82, 2.24) is 0 Å². The minimum Gasteiger partial charge on any atom is -0.490 e. The average Bonchev–Trinajstić information content (AvgIpc) is 2.96. The van der Waals surface area contributed by atoms with Gasteiger partial charge in [-0.1, -0.05) is 44.7 Å². The Labute approximate surface area is 231 Å². The van der Waals surface area contributed by atoms with E-state index < -0.39 is 11.6 Å². The van der Waals surface area contributed by atoms with Crippen LogP contribution in [0.3, 0.4) is 0 Å². The molecule has 0 N–H and O–H groups in total. The van der Waals surface area contributed by atoms with E-state index in [9.17, 15) is 4.39 Å². The first-order chi connectivity index (χ1) is 18.6. The molecule has 214 valence electrons. The van der Waals surface area contributed by atoms with Gasteiger partial charge in [-0.05, 0) is 125 Å². The van der Waals surface area contributed by atoms with Crippen LogP contribution in [-0.4, -0.2) is 19.3 Å². The average molecular weight is 531 g/mol. The molecule has 3 aliphatic carbocycles. The van der Waals surface area contributed by atoms with Gasteiger partial charge < -0.3 is 9.47 Å². The molecule has 0 amide bonds. The SMILES string of the molecule is C=CCOC1CCC(C2CCC(C3CCC(c4ccc(OCCCCCCC)c(F)c4F)CC3)CC2)CC1. The molecular weight excluding hydrogens is 478 g/mol. The zero-order chi connectivity index (χ0) is 26.7. The van der Waals surface area contributed by atoms with Crippen molar-refractivity contribution in [2.75, 3.05) is 13.2 Å². The normalized spacial score (nSPS) is 30.2. The quantitative estimate of drug-likeness (QED) is 0.187. The third-order valence-corrected chi connectivity index (χ3v) is 10.1. The fourth-order valence-corrected chi connectivity index (χ4v) is 7.78. The van der Waals surface area contributed by atoms with Crippen molar-refractivity contribution in [2.45, 2.75) is 128 Å². The van der Waals surface area contributed by atoms with Gasteiger partial charge in [-0.15, -0.1) is 6.58 Å². The van der Waals surface area contributed by atoms with Gasteiger partial charge in [-0.2, -0.15) is 4.39 Å². The minimum absolute atomic E-state index is 0.0740. The minimum atomic E-state index is -0.794. The summed E-state index contributed by atoms with van der Waals surface area (Å²) in [4.78, 5) is 0. The highest BCUT2D eigenvalue weighted by molar-refractivity contribution is 5.33. The second kappa shape index (κ2) is 15.4. The molecule has 0 unspecified atom stereocenters.